The molecule has 176 valence electrons. The van der Waals surface area contributed by atoms with Crippen LogP contribution in [0.3, 0.4) is 0 Å². The first-order valence-corrected chi connectivity index (χ1v) is 10.6. The molecule has 2 aromatic heterocycles. The monoisotopic (exact) mass is 457 g/mol. The van der Waals surface area contributed by atoms with Crippen LogP contribution in [0.5, 0.6) is 0 Å². The maximum absolute atomic E-state index is 14.1. The van der Waals surface area contributed by atoms with Gasteiger partial charge in [-0.3, -0.25) is 9.78 Å². The molecule has 0 saturated heterocycles. The van der Waals surface area contributed by atoms with Gasteiger partial charge in [0.25, 0.3) is 5.91 Å². The average molecular weight is 458 g/mol. The second-order valence-electron chi connectivity index (χ2n) is 9.05. The molecular weight excluding hydrogens is 428 g/mol. The van der Waals surface area contributed by atoms with Crippen molar-refractivity contribution in [3.05, 3.63) is 54.4 Å². The number of nitrogens with zero attached hydrogens (tertiary/aromatic N) is 2. The number of anilines is 3. The Morgan fingerprint density at radius 3 is 2.61 bits per heavy atom. The predicted molar refractivity (Wildman–Crippen MR) is 126 cm³/mol. The predicted octanol–water partition coefficient (Wildman–Crippen LogP) is 4.37. The first kappa shape index (κ1) is 24.3. The summed E-state index contributed by atoms with van der Waals surface area (Å²) in [6.45, 7) is 5.06. The van der Waals surface area contributed by atoms with Crippen LogP contribution in [0.25, 0.3) is 10.9 Å². The van der Waals surface area contributed by atoms with Crippen LogP contribution in [-0.2, 0) is 0 Å². The first-order valence-electron chi connectivity index (χ1n) is 10.6. The third-order valence-corrected chi connectivity index (χ3v) is 4.93. The van der Waals surface area contributed by atoms with Crippen molar-refractivity contribution in [3.8, 4) is 0 Å². The number of aliphatic hydroxyl groups is 1. The molecule has 0 unspecified atom stereocenters. The molecule has 0 radical (unpaired) electrons. The minimum atomic E-state index is -1.65. The quantitative estimate of drug-likeness (QED) is 0.381. The number of hydrogen-bond acceptors (Lipinski definition) is 6. The highest BCUT2D eigenvalue weighted by molar-refractivity contribution is 6.00. The van der Waals surface area contributed by atoms with Gasteiger partial charge in [0, 0.05) is 36.1 Å². The number of halogens is 2. The number of alkyl halides is 2. The van der Waals surface area contributed by atoms with Crippen molar-refractivity contribution in [1.82, 2.24) is 15.3 Å². The summed E-state index contributed by atoms with van der Waals surface area (Å²) in [6.07, 6.45) is 1.40. The highest BCUT2D eigenvalue weighted by atomic mass is 19.1. The van der Waals surface area contributed by atoms with Crippen LogP contribution < -0.4 is 16.0 Å². The third-order valence-electron chi connectivity index (χ3n) is 4.93. The van der Waals surface area contributed by atoms with E-state index in [0.29, 0.717) is 11.5 Å². The Morgan fingerprint density at radius 1 is 1.15 bits per heavy atom. The smallest absolute Gasteiger partial charge is 0.255 e. The van der Waals surface area contributed by atoms with Gasteiger partial charge in [0.05, 0.1) is 28.9 Å². The van der Waals surface area contributed by atoms with Gasteiger partial charge in [0.15, 0.2) is 0 Å². The van der Waals surface area contributed by atoms with Crippen molar-refractivity contribution in [3.63, 3.8) is 0 Å². The van der Waals surface area contributed by atoms with Crippen LogP contribution in [-0.4, -0.2) is 51.5 Å². The molecule has 0 fully saturated rings. The number of carbonyl (C=O) groups is 1. The highest BCUT2D eigenvalue weighted by Crippen LogP contribution is 2.25. The largest absolute Gasteiger partial charge is 0.387 e. The van der Waals surface area contributed by atoms with E-state index in [2.05, 4.69) is 25.9 Å². The summed E-state index contributed by atoms with van der Waals surface area (Å²) in [7, 11) is 0. The van der Waals surface area contributed by atoms with Gasteiger partial charge in [-0.2, -0.15) is 0 Å². The number of carbonyl (C=O) groups excluding carboxylic acids is 1. The van der Waals surface area contributed by atoms with E-state index < -0.39 is 23.3 Å². The molecule has 0 spiro atoms. The van der Waals surface area contributed by atoms with Gasteiger partial charge in [-0.15, -0.1) is 0 Å². The average Bonchev–Trinajstić information content (AvgIpc) is 2.74. The fraction of sp³-hybridized carbons (Fsp3) is 0.375. The van der Waals surface area contributed by atoms with Gasteiger partial charge in [0.1, 0.15) is 17.7 Å². The molecule has 0 saturated carbocycles. The second-order valence-corrected chi connectivity index (χ2v) is 9.05. The fourth-order valence-corrected chi connectivity index (χ4v) is 2.98. The zero-order chi connectivity index (χ0) is 24.2. The Kier molecular flexibility index (Phi) is 7.12. The summed E-state index contributed by atoms with van der Waals surface area (Å²) < 4.78 is 28.2. The standard InChI is InChI=1S/C24H29F2N5O2/c1-23(2,26)14-30-19-11-21(31-16-7-8-18-15(10-16)6-5-9-27-18)28-12-17(19)22(32)29-13-20(25)24(3,4)33/h5-12,20,33H,13-14H2,1-4H3,(H,29,32)(H2,28,30,31)/t20-/m1/s1. The van der Waals surface area contributed by atoms with E-state index in [1.54, 1.807) is 12.3 Å². The number of rotatable bonds is 9. The van der Waals surface area contributed by atoms with Crippen LogP contribution in [0.2, 0.25) is 0 Å². The molecular formula is C24H29F2N5O2. The molecule has 9 heteroatoms. The fourth-order valence-electron chi connectivity index (χ4n) is 2.98. The lowest BCUT2D eigenvalue weighted by atomic mass is 10.0. The summed E-state index contributed by atoms with van der Waals surface area (Å²) in [4.78, 5) is 21.3. The van der Waals surface area contributed by atoms with Gasteiger partial charge in [-0.05, 0) is 52.0 Å². The van der Waals surface area contributed by atoms with E-state index in [9.17, 15) is 18.7 Å². The van der Waals surface area contributed by atoms with Crippen molar-refractivity contribution >= 4 is 34.0 Å². The highest BCUT2D eigenvalue weighted by Gasteiger charge is 2.27. The zero-order valence-electron chi connectivity index (χ0n) is 19.1. The number of aromatic nitrogens is 2. The van der Waals surface area contributed by atoms with Crippen LogP contribution >= 0.6 is 0 Å². The third kappa shape index (κ3) is 6.82. The maximum atomic E-state index is 14.1. The van der Waals surface area contributed by atoms with Crippen molar-refractivity contribution < 1.29 is 18.7 Å². The van der Waals surface area contributed by atoms with E-state index in [-0.39, 0.29) is 18.7 Å². The number of hydrogen-bond donors (Lipinski definition) is 4. The Morgan fingerprint density at radius 2 is 1.91 bits per heavy atom. The normalized spacial score (nSPS) is 12.9. The molecule has 2 heterocycles. The first-order chi connectivity index (χ1) is 15.4. The SMILES string of the molecule is CC(C)(F)CNc1cc(Nc2ccc3ncccc3c2)ncc1C(=O)NC[C@@H](F)C(C)(C)O. The lowest BCUT2D eigenvalue weighted by molar-refractivity contribution is -0.00177. The van der Waals surface area contributed by atoms with Crippen molar-refractivity contribution in [2.24, 2.45) is 0 Å². The molecule has 0 bridgehead atoms. The molecule has 0 aliphatic rings. The number of pyridine rings is 2. The van der Waals surface area contributed by atoms with Crippen LogP contribution in [0, 0.1) is 0 Å². The molecule has 3 aromatic rings. The number of amides is 1. The molecule has 1 amide bonds. The molecule has 1 aromatic carbocycles. The minimum absolute atomic E-state index is 0.0478. The summed E-state index contributed by atoms with van der Waals surface area (Å²) in [5, 5.41) is 19.3. The molecule has 3 rings (SSSR count). The molecule has 1 atom stereocenters. The Hall–Kier alpha value is -3.33. The second kappa shape index (κ2) is 9.66. The lowest BCUT2D eigenvalue weighted by Crippen LogP contribution is -2.42. The van der Waals surface area contributed by atoms with E-state index in [1.807, 2.05) is 30.3 Å². The van der Waals surface area contributed by atoms with E-state index in [0.717, 1.165) is 16.6 Å². The Labute approximate surface area is 191 Å². The minimum Gasteiger partial charge on any atom is -0.387 e. The van der Waals surface area contributed by atoms with Gasteiger partial charge in [0.2, 0.25) is 0 Å². The van der Waals surface area contributed by atoms with E-state index in [4.69, 9.17) is 0 Å². The van der Waals surface area contributed by atoms with Crippen LogP contribution in [0.15, 0.2) is 48.8 Å². The summed E-state index contributed by atoms with van der Waals surface area (Å²) in [5.74, 6) is -0.147. The lowest BCUT2D eigenvalue weighted by Gasteiger charge is -2.23. The summed E-state index contributed by atoms with van der Waals surface area (Å²) in [5.41, 5.74) is -1.02. The van der Waals surface area contributed by atoms with Crippen LogP contribution in [0.4, 0.5) is 26.0 Å². The Balaban J connectivity index is 1.83. The molecule has 0 aliphatic carbocycles. The molecule has 4 N–H and O–H groups in total. The van der Waals surface area contributed by atoms with Gasteiger partial charge in [-0.25, -0.2) is 13.8 Å². The van der Waals surface area contributed by atoms with E-state index in [1.165, 1.54) is 33.9 Å². The molecule has 33 heavy (non-hydrogen) atoms. The molecule has 0 aliphatic heterocycles. The van der Waals surface area contributed by atoms with E-state index >= 15 is 0 Å². The summed E-state index contributed by atoms with van der Waals surface area (Å²) in [6, 6.07) is 11.0. The number of nitrogens with one attached hydrogen (secondary N) is 3. The van der Waals surface area contributed by atoms with Gasteiger partial charge in [-0.1, -0.05) is 6.07 Å². The van der Waals surface area contributed by atoms with Crippen LogP contribution in [0.1, 0.15) is 38.1 Å². The topological polar surface area (TPSA) is 99.2 Å². The summed E-state index contributed by atoms with van der Waals surface area (Å²) >= 11 is 0. The van der Waals surface area contributed by atoms with Crippen molar-refractivity contribution in [2.75, 3.05) is 23.7 Å². The van der Waals surface area contributed by atoms with Gasteiger partial charge < -0.3 is 21.1 Å². The van der Waals surface area contributed by atoms with Crippen molar-refractivity contribution in [1.29, 1.82) is 0 Å². The number of benzene rings is 1. The zero-order valence-corrected chi connectivity index (χ0v) is 19.1. The number of fused-ring (bicyclic) bond motifs is 1. The maximum Gasteiger partial charge on any atom is 0.255 e. The molecule has 7 nitrogen and oxygen atoms in total. The van der Waals surface area contributed by atoms with Crippen molar-refractivity contribution in [2.45, 2.75) is 45.1 Å². The van der Waals surface area contributed by atoms with Gasteiger partial charge >= 0.3 is 0 Å². The Bertz CT molecular complexity index is 1130.